The van der Waals surface area contributed by atoms with Crippen LogP contribution in [0.15, 0.2) is 18.2 Å². The molecule has 1 aromatic rings. The van der Waals surface area contributed by atoms with Crippen molar-refractivity contribution in [2.24, 2.45) is 11.8 Å². The second-order valence-electron chi connectivity index (χ2n) is 5.63. The van der Waals surface area contributed by atoms with Gasteiger partial charge in [0.2, 0.25) is 6.79 Å². The van der Waals surface area contributed by atoms with Crippen LogP contribution in [0.4, 0.5) is 0 Å². The minimum Gasteiger partial charge on any atom is -0.461 e. The largest absolute Gasteiger partial charge is 0.461 e. The summed E-state index contributed by atoms with van der Waals surface area (Å²) in [5.74, 6) is 1.22. The fraction of sp³-hybridized carbons (Fsp3) is 0.500. The Bertz CT molecular complexity index is 566. The van der Waals surface area contributed by atoms with Gasteiger partial charge in [0.1, 0.15) is 12.4 Å². The van der Waals surface area contributed by atoms with Crippen LogP contribution in [0.1, 0.15) is 31.7 Å². The highest BCUT2D eigenvalue weighted by Gasteiger charge is 2.30. The minimum atomic E-state index is -0.216. The van der Waals surface area contributed by atoms with Crippen LogP contribution in [0.25, 0.3) is 0 Å². The van der Waals surface area contributed by atoms with E-state index >= 15 is 0 Å². The normalized spacial score (nSPS) is 24.0. The smallest absolute Gasteiger partial charge is 0.309 e. The molecule has 1 aliphatic heterocycles. The summed E-state index contributed by atoms with van der Waals surface area (Å²) in [5, 5.41) is 0. The van der Waals surface area contributed by atoms with Gasteiger partial charge in [0, 0.05) is 12.3 Å². The molecule has 5 heteroatoms. The highest BCUT2D eigenvalue weighted by Crippen LogP contribution is 2.33. The summed E-state index contributed by atoms with van der Waals surface area (Å²) in [6.45, 7) is 2.32. The van der Waals surface area contributed by atoms with Crippen LogP contribution in [0.3, 0.4) is 0 Å². The van der Waals surface area contributed by atoms with E-state index in [0.29, 0.717) is 30.8 Å². The Hall–Kier alpha value is -2.04. The first kappa shape index (κ1) is 13.9. The van der Waals surface area contributed by atoms with E-state index < -0.39 is 0 Å². The summed E-state index contributed by atoms with van der Waals surface area (Å²) in [5.41, 5.74) is 0.868. The molecule has 0 aromatic heterocycles. The van der Waals surface area contributed by atoms with Crippen molar-refractivity contribution < 1.29 is 23.8 Å². The van der Waals surface area contributed by atoms with Gasteiger partial charge in [0.05, 0.1) is 5.92 Å². The van der Waals surface area contributed by atoms with Crippen LogP contribution in [-0.2, 0) is 20.9 Å². The summed E-state index contributed by atoms with van der Waals surface area (Å²) in [4.78, 5) is 23.5. The van der Waals surface area contributed by atoms with Gasteiger partial charge in [0.25, 0.3) is 0 Å². The highest BCUT2D eigenvalue weighted by molar-refractivity contribution is 5.84. The first-order chi connectivity index (χ1) is 10.1. The average molecular weight is 290 g/mol. The second-order valence-corrected chi connectivity index (χ2v) is 5.63. The Kier molecular flexibility index (Phi) is 3.82. The molecule has 3 rings (SSSR count). The second kappa shape index (κ2) is 5.76. The Morgan fingerprint density at radius 2 is 2.14 bits per heavy atom. The quantitative estimate of drug-likeness (QED) is 0.800. The molecule has 2 atom stereocenters. The molecular formula is C16H18O5. The third-order valence-corrected chi connectivity index (χ3v) is 4.08. The molecule has 1 fully saturated rings. The molecule has 1 heterocycles. The van der Waals surface area contributed by atoms with E-state index in [1.165, 1.54) is 0 Å². The maximum atomic E-state index is 12.1. The van der Waals surface area contributed by atoms with Gasteiger partial charge in [0.15, 0.2) is 11.5 Å². The topological polar surface area (TPSA) is 61.8 Å². The number of carbonyl (C=O) groups excluding carboxylic acids is 2. The van der Waals surface area contributed by atoms with Gasteiger partial charge in [-0.1, -0.05) is 13.0 Å². The van der Waals surface area contributed by atoms with Crippen LogP contribution >= 0.6 is 0 Å². The molecule has 0 spiro atoms. The van der Waals surface area contributed by atoms with E-state index in [-0.39, 0.29) is 37.0 Å². The average Bonchev–Trinajstić information content (AvgIpc) is 2.95. The molecule has 5 nitrogen and oxygen atoms in total. The van der Waals surface area contributed by atoms with Crippen molar-refractivity contribution in [3.05, 3.63) is 23.8 Å². The molecule has 0 N–H and O–H groups in total. The van der Waals surface area contributed by atoms with Crippen molar-refractivity contribution in [2.45, 2.75) is 32.8 Å². The number of rotatable bonds is 3. The molecule has 2 aliphatic rings. The van der Waals surface area contributed by atoms with E-state index in [1.54, 1.807) is 0 Å². The number of esters is 1. The first-order valence-electron chi connectivity index (χ1n) is 7.21. The molecule has 0 unspecified atom stereocenters. The van der Waals surface area contributed by atoms with E-state index in [9.17, 15) is 9.59 Å². The molecule has 0 amide bonds. The van der Waals surface area contributed by atoms with Gasteiger partial charge < -0.3 is 14.2 Å². The molecule has 1 aromatic carbocycles. The van der Waals surface area contributed by atoms with Crippen LogP contribution in [0.5, 0.6) is 11.5 Å². The van der Waals surface area contributed by atoms with E-state index in [1.807, 2.05) is 25.1 Å². The number of fused-ring (bicyclic) bond motifs is 1. The fourth-order valence-corrected chi connectivity index (χ4v) is 2.76. The van der Waals surface area contributed by atoms with Crippen LogP contribution in [0, 0.1) is 11.8 Å². The number of benzene rings is 1. The number of ether oxygens (including phenoxy) is 3. The summed E-state index contributed by atoms with van der Waals surface area (Å²) in [7, 11) is 0. The number of hydrogen-bond acceptors (Lipinski definition) is 5. The Balaban J connectivity index is 1.55. The van der Waals surface area contributed by atoms with E-state index in [0.717, 1.165) is 5.56 Å². The zero-order valence-corrected chi connectivity index (χ0v) is 12.0. The Morgan fingerprint density at radius 1 is 1.33 bits per heavy atom. The van der Waals surface area contributed by atoms with E-state index in [4.69, 9.17) is 14.2 Å². The van der Waals surface area contributed by atoms with Crippen molar-refractivity contribution >= 4 is 11.8 Å². The van der Waals surface area contributed by atoms with Gasteiger partial charge in [-0.05, 0) is 30.5 Å². The number of carbonyl (C=O) groups is 2. The highest BCUT2D eigenvalue weighted by atomic mass is 16.7. The molecular weight excluding hydrogens is 272 g/mol. The van der Waals surface area contributed by atoms with Gasteiger partial charge in [-0.25, -0.2) is 0 Å². The van der Waals surface area contributed by atoms with Gasteiger partial charge in [-0.2, -0.15) is 0 Å². The molecule has 21 heavy (non-hydrogen) atoms. The van der Waals surface area contributed by atoms with Crippen molar-refractivity contribution in [3.8, 4) is 11.5 Å². The molecule has 0 saturated heterocycles. The minimum absolute atomic E-state index is 0.0400. The maximum absolute atomic E-state index is 12.1. The van der Waals surface area contributed by atoms with Gasteiger partial charge in [-0.15, -0.1) is 0 Å². The third kappa shape index (κ3) is 3.01. The van der Waals surface area contributed by atoms with Crippen LogP contribution in [-0.4, -0.2) is 18.5 Å². The van der Waals surface area contributed by atoms with Crippen LogP contribution < -0.4 is 9.47 Å². The SMILES string of the molecule is C[C@H]1C[C@@H](C(=O)OCc2ccc3c(c2)OCO3)CCC1=O. The standard InChI is InChI=1S/C16H18O5/c1-10-6-12(3-4-13(10)17)16(18)19-8-11-2-5-14-15(7-11)21-9-20-14/h2,5,7,10,12H,3-4,6,8-9H2,1H3/t10-,12-/m0/s1. The lowest BCUT2D eigenvalue weighted by atomic mass is 9.81. The van der Waals surface area contributed by atoms with Gasteiger partial charge >= 0.3 is 5.97 Å². The number of Topliss-reactive ketones (excluding diaryl/α,β-unsaturated/α-hetero) is 1. The summed E-state index contributed by atoms with van der Waals surface area (Å²) >= 11 is 0. The molecule has 1 saturated carbocycles. The lowest BCUT2D eigenvalue weighted by Gasteiger charge is -2.24. The zero-order chi connectivity index (χ0) is 14.8. The number of ketones is 1. The van der Waals surface area contributed by atoms with E-state index in [2.05, 4.69) is 0 Å². The molecule has 1 aliphatic carbocycles. The van der Waals surface area contributed by atoms with Crippen molar-refractivity contribution in [2.75, 3.05) is 6.79 Å². The zero-order valence-electron chi connectivity index (χ0n) is 12.0. The summed E-state index contributed by atoms with van der Waals surface area (Å²) in [6.07, 6.45) is 1.67. The fourth-order valence-electron chi connectivity index (χ4n) is 2.76. The van der Waals surface area contributed by atoms with Gasteiger partial charge in [-0.3, -0.25) is 9.59 Å². The molecule has 0 radical (unpaired) electrons. The first-order valence-corrected chi connectivity index (χ1v) is 7.21. The monoisotopic (exact) mass is 290 g/mol. The third-order valence-electron chi connectivity index (χ3n) is 4.08. The van der Waals surface area contributed by atoms with Crippen LogP contribution in [0.2, 0.25) is 0 Å². The Morgan fingerprint density at radius 3 is 2.95 bits per heavy atom. The molecule has 112 valence electrons. The lowest BCUT2D eigenvalue weighted by molar-refractivity contribution is -0.152. The number of hydrogen-bond donors (Lipinski definition) is 0. The summed E-state index contributed by atoms with van der Waals surface area (Å²) < 4.78 is 15.9. The van der Waals surface area contributed by atoms with Crippen molar-refractivity contribution in [3.63, 3.8) is 0 Å². The molecule has 0 bridgehead atoms. The van der Waals surface area contributed by atoms with Crippen molar-refractivity contribution in [1.82, 2.24) is 0 Å². The Labute approximate surface area is 123 Å². The maximum Gasteiger partial charge on any atom is 0.309 e. The summed E-state index contributed by atoms with van der Waals surface area (Å²) in [6, 6.07) is 5.49. The lowest BCUT2D eigenvalue weighted by Crippen LogP contribution is -2.28. The predicted molar refractivity (Wildman–Crippen MR) is 73.9 cm³/mol. The predicted octanol–water partition coefficient (Wildman–Crippen LogP) is 2.46. The van der Waals surface area contributed by atoms with Crippen molar-refractivity contribution in [1.29, 1.82) is 0 Å².